The highest BCUT2D eigenvalue weighted by Gasteiger charge is 2.14. The summed E-state index contributed by atoms with van der Waals surface area (Å²) in [7, 11) is 0. The molecule has 0 bridgehead atoms. The van der Waals surface area contributed by atoms with E-state index in [9.17, 15) is 0 Å². The third-order valence-electron chi connectivity index (χ3n) is 13.8. The first-order valence-electron chi connectivity index (χ1n) is 22.9. The number of rotatable bonds is 6. The quantitative estimate of drug-likeness (QED) is 0.146. The summed E-state index contributed by atoms with van der Waals surface area (Å²) >= 11 is 0. The van der Waals surface area contributed by atoms with Gasteiger partial charge in [0.15, 0.2) is 0 Å². The minimum absolute atomic E-state index is 1.19. The summed E-state index contributed by atoms with van der Waals surface area (Å²) in [6.07, 6.45) is 0. The van der Waals surface area contributed by atoms with Crippen LogP contribution in [0, 0.1) is 0 Å². The lowest BCUT2D eigenvalue weighted by molar-refractivity contribution is 1.56. The van der Waals surface area contributed by atoms with Gasteiger partial charge in [-0.3, -0.25) is 0 Å². The topological polar surface area (TPSA) is 0 Å². The summed E-state index contributed by atoms with van der Waals surface area (Å²) in [5, 5.41) is 15.5. The van der Waals surface area contributed by atoms with Gasteiger partial charge >= 0.3 is 0 Å². The molecule has 0 aliphatic carbocycles. The fourth-order valence-electron chi connectivity index (χ4n) is 10.6. The van der Waals surface area contributed by atoms with Crippen LogP contribution in [-0.4, -0.2) is 0 Å². The third-order valence-corrected chi connectivity index (χ3v) is 13.8. The number of hydrogen-bond donors (Lipinski definition) is 0. The fourth-order valence-corrected chi connectivity index (χ4v) is 10.6. The molecule has 0 nitrogen and oxygen atoms in total. The van der Waals surface area contributed by atoms with E-state index in [0.29, 0.717) is 0 Å². The van der Waals surface area contributed by atoms with E-state index in [1.165, 1.54) is 131 Å². The van der Waals surface area contributed by atoms with E-state index in [1.807, 2.05) is 0 Å². The molecule has 0 amide bonds. The Morgan fingerprint density at radius 1 is 0.106 bits per heavy atom. The minimum atomic E-state index is 1.19. The molecule has 0 atom stereocenters. The molecule has 0 N–H and O–H groups in total. The molecule has 0 aliphatic rings. The van der Waals surface area contributed by atoms with Crippen molar-refractivity contribution in [1.29, 1.82) is 0 Å². The molecule has 13 aromatic carbocycles. The monoisotopic (exact) mass is 834 g/mol. The van der Waals surface area contributed by atoms with Gasteiger partial charge in [0.2, 0.25) is 0 Å². The van der Waals surface area contributed by atoms with E-state index in [1.54, 1.807) is 0 Å². The van der Waals surface area contributed by atoms with Gasteiger partial charge in [0, 0.05) is 0 Å². The van der Waals surface area contributed by atoms with Gasteiger partial charge in [-0.25, -0.2) is 0 Å². The van der Waals surface area contributed by atoms with Gasteiger partial charge in [0.1, 0.15) is 0 Å². The Kier molecular flexibility index (Phi) is 8.96. The fraction of sp³-hybridized carbons (Fsp3) is 0. The average molecular weight is 835 g/mol. The second-order valence-electron chi connectivity index (χ2n) is 17.6. The molecule has 0 heteroatoms. The first-order valence-corrected chi connectivity index (χ1v) is 22.9. The van der Waals surface area contributed by atoms with Crippen LogP contribution < -0.4 is 0 Å². The molecule has 0 saturated carbocycles. The lowest BCUT2D eigenvalue weighted by Crippen LogP contribution is -1.88. The van der Waals surface area contributed by atoms with E-state index >= 15 is 0 Å². The predicted octanol–water partition coefficient (Wildman–Crippen LogP) is 18.6. The van der Waals surface area contributed by atoms with Crippen molar-refractivity contribution in [3.8, 4) is 66.8 Å². The van der Waals surface area contributed by atoms with Gasteiger partial charge in [-0.1, -0.05) is 206 Å². The predicted molar refractivity (Wildman–Crippen MR) is 284 cm³/mol. The summed E-state index contributed by atoms with van der Waals surface area (Å²) in [5.41, 5.74) is 14.4. The highest BCUT2D eigenvalue weighted by Crippen LogP contribution is 2.41. The summed E-state index contributed by atoms with van der Waals surface area (Å²) in [5.74, 6) is 0. The molecular formula is C66H42. The minimum Gasteiger partial charge on any atom is -0.0622 e. The Bertz CT molecular complexity index is 3970. The largest absolute Gasteiger partial charge is 0.0622 e. The third kappa shape index (κ3) is 6.46. The molecular weight excluding hydrogens is 793 g/mol. The van der Waals surface area contributed by atoms with Gasteiger partial charge < -0.3 is 0 Å². The van der Waals surface area contributed by atoms with Gasteiger partial charge in [0.05, 0.1) is 0 Å². The molecule has 0 radical (unpaired) electrons. The van der Waals surface area contributed by atoms with E-state index in [-0.39, 0.29) is 0 Å². The van der Waals surface area contributed by atoms with Gasteiger partial charge in [-0.2, -0.15) is 0 Å². The molecule has 66 heavy (non-hydrogen) atoms. The maximum atomic E-state index is 2.40. The Hall–Kier alpha value is -8.58. The molecule has 0 fully saturated rings. The van der Waals surface area contributed by atoms with Gasteiger partial charge in [0.25, 0.3) is 0 Å². The van der Waals surface area contributed by atoms with Crippen LogP contribution in [0.2, 0.25) is 0 Å². The van der Waals surface area contributed by atoms with E-state index < -0.39 is 0 Å². The SMILES string of the molecule is c1ccc(-c2cc(-c3cccc(-c4cccc(-c5cccc(-c6ccc7c8ccccc8c8ccccc8c7c6)c5)c4)c3)cc(-c3ccc4c5ccccc5c5ccccc5c4c3)c2)cc1. The summed E-state index contributed by atoms with van der Waals surface area (Å²) in [6.45, 7) is 0. The lowest BCUT2D eigenvalue weighted by Gasteiger charge is -2.15. The standard InChI is InChI=1S/C66H42/c1-2-15-43(16-3-1)52-38-53(40-54(39-52)51-32-34-64-60-28-7-5-24-56(60)58-26-9-11-30-62(58)66(64)42-51)49-22-14-20-47(37-49)45-18-12-17-44(35-45)46-19-13-21-48(36-46)50-31-33-63-59-27-6-4-23-55(59)57-25-8-10-29-61(57)65(63)41-50/h1-42H. The molecule has 13 rings (SSSR count). The number of fused-ring (bicyclic) bond motifs is 12. The summed E-state index contributed by atoms with van der Waals surface area (Å²) in [4.78, 5) is 0. The summed E-state index contributed by atoms with van der Waals surface area (Å²) in [6, 6.07) is 94.1. The first kappa shape index (κ1) is 37.9. The maximum absolute atomic E-state index is 2.40. The molecule has 0 aliphatic heterocycles. The van der Waals surface area contributed by atoms with Crippen molar-refractivity contribution in [3.05, 3.63) is 255 Å². The van der Waals surface area contributed by atoms with Gasteiger partial charge in [-0.15, -0.1) is 0 Å². The van der Waals surface area contributed by atoms with Crippen LogP contribution in [0.5, 0.6) is 0 Å². The van der Waals surface area contributed by atoms with Crippen LogP contribution in [0.15, 0.2) is 255 Å². The zero-order chi connectivity index (χ0) is 43.6. The van der Waals surface area contributed by atoms with Crippen molar-refractivity contribution >= 4 is 64.6 Å². The van der Waals surface area contributed by atoms with Crippen molar-refractivity contribution in [1.82, 2.24) is 0 Å². The molecule has 306 valence electrons. The van der Waals surface area contributed by atoms with Crippen LogP contribution in [0.4, 0.5) is 0 Å². The summed E-state index contributed by atoms with van der Waals surface area (Å²) < 4.78 is 0. The van der Waals surface area contributed by atoms with Crippen LogP contribution >= 0.6 is 0 Å². The molecule has 13 aromatic rings. The molecule has 0 spiro atoms. The Labute approximate surface area is 384 Å². The molecule has 0 aromatic heterocycles. The highest BCUT2D eigenvalue weighted by molar-refractivity contribution is 6.27. The zero-order valence-corrected chi connectivity index (χ0v) is 36.2. The Morgan fingerprint density at radius 3 is 0.667 bits per heavy atom. The number of hydrogen-bond acceptors (Lipinski definition) is 0. The van der Waals surface area contributed by atoms with Crippen molar-refractivity contribution in [3.63, 3.8) is 0 Å². The highest BCUT2D eigenvalue weighted by atomic mass is 14.2. The Morgan fingerprint density at radius 2 is 0.318 bits per heavy atom. The molecule has 0 unspecified atom stereocenters. The van der Waals surface area contributed by atoms with Crippen molar-refractivity contribution in [2.45, 2.75) is 0 Å². The number of benzene rings is 13. The van der Waals surface area contributed by atoms with Crippen LogP contribution in [-0.2, 0) is 0 Å². The van der Waals surface area contributed by atoms with E-state index in [4.69, 9.17) is 0 Å². The van der Waals surface area contributed by atoms with Crippen molar-refractivity contribution in [2.24, 2.45) is 0 Å². The van der Waals surface area contributed by atoms with Crippen molar-refractivity contribution < 1.29 is 0 Å². The molecule has 0 saturated heterocycles. The second-order valence-corrected chi connectivity index (χ2v) is 17.6. The van der Waals surface area contributed by atoms with Crippen LogP contribution in [0.3, 0.4) is 0 Å². The van der Waals surface area contributed by atoms with E-state index in [2.05, 4.69) is 255 Å². The van der Waals surface area contributed by atoms with Crippen molar-refractivity contribution in [2.75, 3.05) is 0 Å². The van der Waals surface area contributed by atoms with Crippen LogP contribution in [0.25, 0.3) is 131 Å². The molecule has 0 heterocycles. The first-order chi connectivity index (χ1) is 32.7. The average Bonchev–Trinajstić information content (AvgIpc) is 3.41. The lowest BCUT2D eigenvalue weighted by atomic mass is 9.89. The zero-order valence-electron chi connectivity index (χ0n) is 36.2. The maximum Gasteiger partial charge on any atom is -0.00928 e. The van der Waals surface area contributed by atoms with E-state index in [0.717, 1.165) is 0 Å². The normalized spacial score (nSPS) is 11.6. The van der Waals surface area contributed by atoms with Crippen LogP contribution in [0.1, 0.15) is 0 Å². The van der Waals surface area contributed by atoms with Gasteiger partial charge in [-0.05, 0) is 180 Å². The Balaban J connectivity index is 0.882. The second kappa shape index (κ2) is 15.6. The smallest absolute Gasteiger partial charge is 0.00928 e.